The van der Waals surface area contributed by atoms with Gasteiger partial charge in [0.25, 0.3) is 0 Å². The molecule has 2 atom stereocenters. The van der Waals surface area contributed by atoms with E-state index in [1.807, 2.05) is 13.8 Å². The highest BCUT2D eigenvalue weighted by Gasteiger charge is 2.18. The molecule has 0 aromatic rings. The highest BCUT2D eigenvalue weighted by atomic mass is 16.1. The molecule has 0 radical (unpaired) electrons. The van der Waals surface area contributed by atoms with Gasteiger partial charge in [0.2, 0.25) is 0 Å². The molecule has 1 saturated heterocycles. The standard InChI is InChI=1S/C6H11NO.C2H6/c1-5-2-6(4-8)7-3-5;1-2/h4-7H,2-3H2,1H3;1-2H3. The first kappa shape index (κ1) is 9.63. The molecule has 0 aromatic carbocycles. The van der Waals surface area contributed by atoms with Gasteiger partial charge in [-0.25, -0.2) is 0 Å². The average molecular weight is 143 g/mol. The fourth-order valence-corrected chi connectivity index (χ4v) is 1.06. The second kappa shape index (κ2) is 5.42. The monoisotopic (exact) mass is 143 g/mol. The summed E-state index contributed by atoms with van der Waals surface area (Å²) in [6, 6.07) is 0.144. The third kappa shape index (κ3) is 2.97. The molecule has 1 N–H and O–H groups in total. The smallest absolute Gasteiger partial charge is 0.136 e. The van der Waals surface area contributed by atoms with Gasteiger partial charge in [-0.2, -0.15) is 0 Å². The molecule has 1 fully saturated rings. The van der Waals surface area contributed by atoms with Gasteiger partial charge in [-0.05, 0) is 18.9 Å². The highest BCUT2D eigenvalue weighted by molar-refractivity contribution is 5.58. The van der Waals surface area contributed by atoms with Crippen molar-refractivity contribution < 1.29 is 4.79 Å². The predicted octanol–water partition coefficient (Wildman–Crippen LogP) is 1.21. The maximum absolute atomic E-state index is 10.1. The van der Waals surface area contributed by atoms with Gasteiger partial charge in [-0.3, -0.25) is 0 Å². The van der Waals surface area contributed by atoms with E-state index in [1.54, 1.807) is 0 Å². The van der Waals surface area contributed by atoms with Crippen LogP contribution in [0, 0.1) is 5.92 Å². The van der Waals surface area contributed by atoms with Crippen LogP contribution in [0.1, 0.15) is 27.2 Å². The zero-order chi connectivity index (χ0) is 7.98. The largest absolute Gasteiger partial charge is 0.307 e. The molecule has 1 aliphatic heterocycles. The lowest BCUT2D eigenvalue weighted by Crippen LogP contribution is -2.22. The molecule has 1 aliphatic rings. The summed E-state index contributed by atoms with van der Waals surface area (Å²) in [5.74, 6) is 0.685. The SMILES string of the molecule is CC.CC1CNC(C=O)C1. The molecule has 2 unspecified atom stereocenters. The number of carbonyl (C=O) groups is 1. The molecule has 2 nitrogen and oxygen atoms in total. The number of aldehydes is 1. The molecule has 0 bridgehead atoms. The first-order valence-electron chi connectivity index (χ1n) is 4.01. The van der Waals surface area contributed by atoms with Crippen LogP contribution in [0.3, 0.4) is 0 Å². The van der Waals surface area contributed by atoms with Crippen molar-refractivity contribution in [2.45, 2.75) is 33.2 Å². The van der Waals surface area contributed by atoms with E-state index in [2.05, 4.69) is 12.2 Å². The third-order valence-electron chi connectivity index (χ3n) is 1.55. The van der Waals surface area contributed by atoms with Crippen LogP contribution in [-0.2, 0) is 4.79 Å². The Hall–Kier alpha value is -0.370. The Labute approximate surface area is 63.0 Å². The molecule has 2 heteroatoms. The number of hydrogen-bond donors (Lipinski definition) is 1. The van der Waals surface area contributed by atoms with Gasteiger partial charge < -0.3 is 10.1 Å². The van der Waals surface area contributed by atoms with E-state index >= 15 is 0 Å². The average Bonchev–Trinajstić information content (AvgIpc) is 2.40. The number of nitrogens with one attached hydrogen (secondary N) is 1. The lowest BCUT2D eigenvalue weighted by atomic mass is 10.1. The molecule has 1 heterocycles. The van der Waals surface area contributed by atoms with E-state index < -0.39 is 0 Å². The van der Waals surface area contributed by atoms with E-state index in [0.717, 1.165) is 19.3 Å². The molecular weight excluding hydrogens is 126 g/mol. The molecule has 60 valence electrons. The van der Waals surface area contributed by atoms with E-state index in [4.69, 9.17) is 0 Å². The second-order valence-corrected chi connectivity index (χ2v) is 2.49. The highest BCUT2D eigenvalue weighted by Crippen LogP contribution is 2.09. The van der Waals surface area contributed by atoms with Gasteiger partial charge in [0.05, 0.1) is 6.04 Å². The molecular formula is C8H17NO. The number of rotatable bonds is 1. The van der Waals surface area contributed by atoms with Gasteiger partial charge in [0.15, 0.2) is 0 Å². The van der Waals surface area contributed by atoms with E-state index in [9.17, 15) is 4.79 Å². The molecule has 0 amide bonds. The Bertz CT molecular complexity index is 93.3. The Kier molecular flexibility index (Phi) is 5.22. The van der Waals surface area contributed by atoms with Crippen LogP contribution < -0.4 is 5.32 Å². The maximum Gasteiger partial charge on any atom is 0.136 e. The third-order valence-corrected chi connectivity index (χ3v) is 1.55. The van der Waals surface area contributed by atoms with Crippen molar-refractivity contribution >= 4 is 6.29 Å². The van der Waals surface area contributed by atoms with Crippen molar-refractivity contribution in [1.82, 2.24) is 5.32 Å². The molecule has 0 spiro atoms. The van der Waals surface area contributed by atoms with E-state index in [-0.39, 0.29) is 6.04 Å². The van der Waals surface area contributed by atoms with Gasteiger partial charge in [-0.1, -0.05) is 20.8 Å². The Balaban J connectivity index is 0.000000371. The summed E-state index contributed by atoms with van der Waals surface area (Å²) in [6.45, 7) is 7.15. The summed E-state index contributed by atoms with van der Waals surface area (Å²) in [6.07, 6.45) is 2.01. The van der Waals surface area contributed by atoms with Crippen molar-refractivity contribution in [3.8, 4) is 0 Å². The fourth-order valence-electron chi connectivity index (χ4n) is 1.06. The number of hydrogen-bond acceptors (Lipinski definition) is 2. The quantitative estimate of drug-likeness (QED) is 0.559. The molecule has 0 saturated carbocycles. The fraction of sp³-hybridized carbons (Fsp3) is 0.875. The van der Waals surface area contributed by atoms with Gasteiger partial charge in [0.1, 0.15) is 6.29 Å². The van der Waals surface area contributed by atoms with Crippen molar-refractivity contribution in [3.63, 3.8) is 0 Å². The van der Waals surface area contributed by atoms with Crippen LogP contribution in [0.4, 0.5) is 0 Å². The summed E-state index contributed by atoms with van der Waals surface area (Å²) >= 11 is 0. The minimum absolute atomic E-state index is 0.144. The van der Waals surface area contributed by atoms with Gasteiger partial charge >= 0.3 is 0 Å². The van der Waals surface area contributed by atoms with Crippen molar-refractivity contribution in [2.75, 3.05) is 6.54 Å². The lowest BCUT2D eigenvalue weighted by molar-refractivity contribution is -0.109. The molecule has 0 aromatic heterocycles. The number of carbonyl (C=O) groups excluding carboxylic acids is 1. The van der Waals surface area contributed by atoms with Crippen LogP contribution in [-0.4, -0.2) is 18.9 Å². The van der Waals surface area contributed by atoms with Crippen LogP contribution in [0.2, 0.25) is 0 Å². The van der Waals surface area contributed by atoms with Gasteiger partial charge in [-0.15, -0.1) is 0 Å². The van der Waals surface area contributed by atoms with Gasteiger partial charge in [0, 0.05) is 0 Å². The summed E-state index contributed by atoms with van der Waals surface area (Å²) in [5.41, 5.74) is 0. The zero-order valence-corrected chi connectivity index (χ0v) is 7.05. The summed E-state index contributed by atoms with van der Waals surface area (Å²) in [4.78, 5) is 10.1. The second-order valence-electron chi connectivity index (χ2n) is 2.49. The topological polar surface area (TPSA) is 29.1 Å². The summed E-state index contributed by atoms with van der Waals surface area (Å²) in [5, 5.41) is 3.09. The Morgan fingerprint density at radius 1 is 1.50 bits per heavy atom. The molecule has 1 rings (SSSR count). The zero-order valence-electron chi connectivity index (χ0n) is 7.05. The predicted molar refractivity (Wildman–Crippen MR) is 43.0 cm³/mol. The van der Waals surface area contributed by atoms with E-state index in [0.29, 0.717) is 5.92 Å². The normalized spacial score (nSPS) is 30.7. The Morgan fingerprint density at radius 2 is 2.10 bits per heavy atom. The van der Waals surface area contributed by atoms with Crippen LogP contribution in [0.15, 0.2) is 0 Å². The first-order valence-corrected chi connectivity index (χ1v) is 4.01. The van der Waals surface area contributed by atoms with Crippen LogP contribution in [0.5, 0.6) is 0 Å². The minimum Gasteiger partial charge on any atom is -0.307 e. The summed E-state index contributed by atoms with van der Waals surface area (Å²) < 4.78 is 0. The molecule has 0 aliphatic carbocycles. The van der Waals surface area contributed by atoms with Crippen molar-refractivity contribution in [1.29, 1.82) is 0 Å². The Morgan fingerprint density at radius 3 is 2.30 bits per heavy atom. The lowest BCUT2D eigenvalue weighted by Gasteiger charge is -1.94. The van der Waals surface area contributed by atoms with Crippen LogP contribution >= 0.6 is 0 Å². The first-order chi connectivity index (χ1) is 4.83. The molecule has 10 heavy (non-hydrogen) atoms. The van der Waals surface area contributed by atoms with E-state index in [1.165, 1.54) is 0 Å². The summed E-state index contributed by atoms with van der Waals surface area (Å²) in [7, 11) is 0. The minimum atomic E-state index is 0.144. The van der Waals surface area contributed by atoms with Crippen molar-refractivity contribution in [3.05, 3.63) is 0 Å². The van der Waals surface area contributed by atoms with Crippen LogP contribution in [0.25, 0.3) is 0 Å². The van der Waals surface area contributed by atoms with Crippen molar-refractivity contribution in [2.24, 2.45) is 5.92 Å². The maximum atomic E-state index is 10.1.